The lowest BCUT2D eigenvalue weighted by Gasteiger charge is -2.25. The molecule has 1 aliphatic heterocycles. The Kier molecular flexibility index (Phi) is 7.57. The van der Waals surface area contributed by atoms with Gasteiger partial charge in [0.25, 0.3) is 0 Å². The molecule has 1 aliphatic rings. The first-order valence-electron chi connectivity index (χ1n) is 20.2. The van der Waals surface area contributed by atoms with Crippen molar-refractivity contribution in [3.63, 3.8) is 0 Å². The number of aliphatic imine (C=N–C) groups is 2. The number of fused-ring (bicyclic) bond motifs is 8. The summed E-state index contributed by atoms with van der Waals surface area (Å²) in [6.45, 7) is 0. The van der Waals surface area contributed by atoms with Crippen molar-refractivity contribution in [3.8, 4) is 16.8 Å². The molecule has 1 unspecified atom stereocenters. The summed E-state index contributed by atoms with van der Waals surface area (Å²) in [6, 6.07) is 74.1. The molecule has 0 spiro atoms. The second-order valence-corrected chi connectivity index (χ2v) is 15.4. The van der Waals surface area contributed by atoms with E-state index in [0.29, 0.717) is 0 Å². The first-order chi connectivity index (χ1) is 29.2. The maximum Gasteiger partial charge on any atom is 0.171 e. The van der Waals surface area contributed by atoms with Crippen molar-refractivity contribution in [2.45, 2.75) is 6.17 Å². The van der Waals surface area contributed by atoms with E-state index in [4.69, 9.17) is 9.98 Å². The summed E-state index contributed by atoms with van der Waals surface area (Å²) in [4.78, 5) is 11.0. The highest BCUT2D eigenvalue weighted by atomic mass is 15.2. The van der Waals surface area contributed by atoms with E-state index in [1.165, 1.54) is 48.7 Å². The first kappa shape index (κ1) is 33.3. The fourth-order valence-corrected chi connectivity index (χ4v) is 9.11. The number of benzene rings is 10. The normalized spacial score (nSPS) is 14.3. The van der Waals surface area contributed by atoms with E-state index in [9.17, 15) is 0 Å². The van der Waals surface area contributed by atoms with E-state index in [1.54, 1.807) is 0 Å². The molecule has 0 fully saturated rings. The molecule has 12 rings (SSSR count). The molecule has 0 bridgehead atoms. The summed E-state index contributed by atoms with van der Waals surface area (Å²) in [7, 11) is 0. The smallest absolute Gasteiger partial charge is 0.171 e. The highest BCUT2D eigenvalue weighted by Crippen LogP contribution is 2.43. The molecule has 4 heteroatoms. The average molecular weight is 753 g/mol. The van der Waals surface area contributed by atoms with Gasteiger partial charge < -0.3 is 9.88 Å². The molecule has 4 nitrogen and oxygen atoms in total. The SMILES string of the molecule is c1ccc(-c2ccc(C3=NC(c4ccc5ccccc5c4-n4c5cc6ccccc6cc5c5c6ccccc6ccc54)N=C(c4ccc5ccccc5c4)N3)cc2)cc1. The van der Waals surface area contributed by atoms with Gasteiger partial charge in [-0.25, -0.2) is 9.98 Å². The summed E-state index contributed by atoms with van der Waals surface area (Å²) in [5.41, 5.74) is 8.78. The van der Waals surface area contributed by atoms with Crippen LogP contribution in [0.4, 0.5) is 0 Å². The minimum atomic E-state index is -0.547. The second-order valence-electron chi connectivity index (χ2n) is 15.4. The molecule has 0 radical (unpaired) electrons. The largest absolute Gasteiger partial charge is 0.324 e. The van der Waals surface area contributed by atoms with E-state index >= 15 is 0 Å². The van der Waals surface area contributed by atoms with Crippen molar-refractivity contribution >= 4 is 76.6 Å². The van der Waals surface area contributed by atoms with E-state index in [1.807, 2.05) is 0 Å². The number of hydrogen-bond donors (Lipinski definition) is 1. The van der Waals surface area contributed by atoms with Gasteiger partial charge in [0, 0.05) is 32.8 Å². The predicted molar refractivity (Wildman–Crippen MR) is 248 cm³/mol. The van der Waals surface area contributed by atoms with Crippen LogP contribution in [0.3, 0.4) is 0 Å². The van der Waals surface area contributed by atoms with Gasteiger partial charge in [-0.2, -0.15) is 0 Å². The molecular formula is C55H36N4. The van der Waals surface area contributed by atoms with Crippen LogP contribution in [-0.2, 0) is 0 Å². The summed E-state index contributed by atoms with van der Waals surface area (Å²) < 4.78 is 2.48. The molecule has 0 saturated carbocycles. The van der Waals surface area contributed by atoms with Gasteiger partial charge in [-0.05, 0) is 73.1 Å². The molecule has 1 aromatic heterocycles. The highest BCUT2D eigenvalue weighted by molar-refractivity contribution is 6.24. The van der Waals surface area contributed by atoms with Gasteiger partial charge in [-0.3, -0.25) is 0 Å². The average Bonchev–Trinajstić information content (AvgIpc) is 3.63. The monoisotopic (exact) mass is 752 g/mol. The molecular weight excluding hydrogens is 717 g/mol. The van der Waals surface area contributed by atoms with Crippen molar-refractivity contribution in [2.24, 2.45) is 9.98 Å². The van der Waals surface area contributed by atoms with E-state index in [2.05, 4.69) is 216 Å². The predicted octanol–water partition coefficient (Wildman–Crippen LogP) is 13.6. The number of nitrogens with one attached hydrogen (secondary N) is 1. The van der Waals surface area contributed by atoms with Crippen LogP contribution in [0.15, 0.2) is 216 Å². The Hall–Kier alpha value is -7.82. The summed E-state index contributed by atoms with van der Waals surface area (Å²) in [5, 5.41) is 15.7. The fraction of sp³-hybridized carbons (Fsp3) is 0.0182. The summed E-state index contributed by atoms with van der Waals surface area (Å²) >= 11 is 0. The summed E-state index contributed by atoms with van der Waals surface area (Å²) in [5.74, 6) is 1.57. The van der Waals surface area contributed by atoms with Crippen LogP contribution in [0.2, 0.25) is 0 Å². The Morgan fingerprint density at radius 1 is 0.356 bits per heavy atom. The molecule has 59 heavy (non-hydrogen) atoms. The van der Waals surface area contributed by atoms with Crippen molar-refractivity contribution in [1.29, 1.82) is 0 Å². The topological polar surface area (TPSA) is 41.7 Å². The molecule has 11 aromatic rings. The van der Waals surface area contributed by atoms with Gasteiger partial charge in [-0.15, -0.1) is 0 Å². The third-order valence-corrected chi connectivity index (χ3v) is 12.0. The molecule has 10 aromatic carbocycles. The lowest BCUT2D eigenvalue weighted by Crippen LogP contribution is -2.36. The Balaban J connectivity index is 1.13. The Bertz CT molecular complexity index is 3520. The van der Waals surface area contributed by atoms with Crippen LogP contribution in [0.1, 0.15) is 22.9 Å². The van der Waals surface area contributed by atoms with Crippen LogP contribution in [-0.4, -0.2) is 16.2 Å². The standard InChI is InChI=1S/C55H36N4/c1-2-12-35(13-3-1)37-22-25-40(26-23-37)53-56-54(44-27-24-36-14-4-5-17-41(36)32-44)58-55(57-53)47-30-28-39-16-9-11-21-46(39)52(47)59-49-31-29-38-15-8-10-20-45(38)51(49)48-33-42-18-6-7-19-43(42)34-50(48)59/h1-34,55H,(H,56,57,58). The molecule has 0 amide bonds. The lowest BCUT2D eigenvalue weighted by atomic mass is 10.00. The van der Waals surface area contributed by atoms with E-state index in [0.717, 1.165) is 61.4 Å². The zero-order chi connectivity index (χ0) is 38.9. The van der Waals surface area contributed by atoms with Crippen LogP contribution in [0.25, 0.3) is 81.7 Å². The van der Waals surface area contributed by atoms with Gasteiger partial charge in [0.2, 0.25) is 0 Å². The lowest BCUT2D eigenvalue weighted by molar-refractivity contribution is 0.751. The number of amidine groups is 2. The van der Waals surface area contributed by atoms with Crippen LogP contribution < -0.4 is 5.32 Å². The third kappa shape index (κ3) is 5.53. The van der Waals surface area contributed by atoms with Crippen molar-refractivity contribution in [2.75, 3.05) is 0 Å². The molecule has 1 atom stereocenters. The van der Waals surface area contributed by atoms with Crippen LogP contribution in [0, 0.1) is 0 Å². The maximum absolute atomic E-state index is 5.51. The Morgan fingerprint density at radius 2 is 0.881 bits per heavy atom. The second kappa shape index (κ2) is 13.4. The number of hydrogen-bond acceptors (Lipinski definition) is 3. The van der Waals surface area contributed by atoms with Crippen molar-refractivity contribution < 1.29 is 0 Å². The molecule has 276 valence electrons. The number of aromatic nitrogens is 1. The number of nitrogens with zero attached hydrogens (tertiary/aromatic N) is 3. The molecule has 2 heterocycles. The van der Waals surface area contributed by atoms with E-state index in [-0.39, 0.29) is 0 Å². The number of rotatable bonds is 5. The van der Waals surface area contributed by atoms with Crippen LogP contribution in [0.5, 0.6) is 0 Å². The Morgan fingerprint density at radius 3 is 1.64 bits per heavy atom. The van der Waals surface area contributed by atoms with Gasteiger partial charge in [-0.1, -0.05) is 182 Å². The van der Waals surface area contributed by atoms with Crippen LogP contribution >= 0.6 is 0 Å². The fourth-order valence-electron chi connectivity index (χ4n) is 9.11. The third-order valence-electron chi connectivity index (χ3n) is 12.0. The Labute approximate surface area is 341 Å². The van der Waals surface area contributed by atoms with Crippen molar-refractivity contribution in [1.82, 2.24) is 9.88 Å². The molecule has 0 saturated heterocycles. The first-order valence-corrected chi connectivity index (χ1v) is 20.2. The van der Waals surface area contributed by atoms with E-state index < -0.39 is 6.17 Å². The quantitative estimate of drug-likeness (QED) is 0.187. The maximum atomic E-state index is 5.51. The summed E-state index contributed by atoms with van der Waals surface area (Å²) in [6.07, 6.45) is -0.547. The minimum absolute atomic E-state index is 0.547. The molecule has 0 aliphatic carbocycles. The van der Waals surface area contributed by atoms with Gasteiger partial charge in [0.1, 0.15) is 11.7 Å². The van der Waals surface area contributed by atoms with Gasteiger partial charge >= 0.3 is 0 Å². The van der Waals surface area contributed by atoms with Crippen molar-refractivity contribution in [3.05, 3.63) is 223 Å². The van der Waals surface area contributed by atoms with Gasteiger partial charge in [0.15, 0.2) is 6.17 Å². The molecule has 1 N–H and O–H groups in total. The minimum Gasteiger partial charge on any atom is -0.324 e. The highest BCUT2D eigenvalue weighted by Gasteiger charge is 2.27. The van der Waals surface area contributed by atoms with Gasteiger partial charge in [0.05, 0.1) is 16.7 Å². The zero-order valence-electron chi connectivity index (χ0n) is 32.0. The zero-order valence-corrected chi connectivity index (χ0v) is 32.0.